The Balaban J connectivity index is 2.44. The molecule has 0 unspecified atom stereocenters. The zero-order valence-corrected chi connectivity index (χ0v) is 8.35. The van der Waals surface area contributed by atoms with Gasteiger partial charge in [-0.2, -0.15) is 0 Å². The number of anilines is 2. The fourth-order valence-corrected chi connectivity index (χ4v) is 1.36. The number of hydrogen-bond donors (Lipinski definition) is 0. The molecule has 2 rings (SSSR count). The van der Waals surface area contributed by atoms with Gasteiger partial charge >= 0.3 is 0 Å². The van der Waals surface area contributed by atoms with Crippen LogP contribution in [0.2, 0.25) is 0 Å². The van der Waals surface area contributed by atoms with Crippen molar-refractivity contribution in [1.82, 2.24) is 4.98 Å². The highest BCUT2D eigenvalue weighted by Gasteiger charge is 2.20. The minimum absolute atomic E-state index is 0.290. The van der Waals surface area contributed by atoms with E-state index in [1.54, 1.807) is 48.5 Å². The highest BCUT2D eigenvalue weighted by Crippen LogP contribution is 2.22. The number of benzene rings is 1. The van der Waals surface area contributed by atoms with E-state index in [-0.39, 0.29) is 0 Å². The lowest BCUT2D eigenvalue weighted by Gasteiger charge is -2.12. The van der Waals surface area contributed by atoms with Crippen molar-refractivity contribution in [2.75, 3.05) is 5.01 Å². The van der Waals surface area contributed by atoms with E-state index in [1.165, 1.54) is 6.20 Å². The third kappa shape index (κ3) is 1.98. The van der Waals surface area contributed by atoms with E-state index in [4.69, 9.17) is 0 Å². The molecule has 0 aliphatic rings. The SMILES string of the molecule is O=[N+]([O-])N(c1ccccc1)c1ccccn1. The maximum atomic E-state index is 11.0. The van der Waals surface area contributed by atoms with Crippen molar-refractivity contribution in [3.8, 4) is 0 Å². The molecule has 0 saturated carbocycles. The van der Waals surface area contributed by atoms with Gasteiger partial charge in [-0.05, 0) is 29.3 Å². The molecular formula is C11H9N3O2. The van der Waals surface area contributed by atoms with Crippen LogP contribution in [-0.4, -0.2) is 10.0 Å². The van der Waals surface area contributed by atoms with Gasteiger partial charge in [0.2, 0.25) is 0 Å². The first-order chi connectivity index (χ1) is 7.79. The molecule has 0 saturated heterocycles. The van der Waals surface area contributed by atoms with Gasteiger partial charge in [0.15, 0.2) is 10.9 Å². The Morgan fingerprint density at radius 3 is 2.31 bits per heavy atom. The lowest BCUT2D eigenvalue weighted by Crippen LogP contribution is -2.24. The molecule has 0 radical (unpaired) electrons. The van der Waals surface area contributed by atoms with E-state index in [0.717, 1.165) is 5.01 Å². The van der Waals surface area contributed by atoms with Crippen molar-refractivity contribution in [2.24, 2.45) is 0 Å². The number of hydrogen-bond acceptors (Lipinski definition) is 3. The molecule has 0 amide bonds. The minimum atomic E-state index is -0.488. The second-order valence-electron chi connectivity index (χ2n) is 3.07. The predicted molar refractivity (Wildman–Crippen MR) is 59.8 cm³/mol. The van der Waals surface area contributed by atoms with Gasteiger partial charge in [-0.3, -0.25) is 0 Å². The molecule has 0 spiro atoms. The highest BCUT2D eigenvalue weighted by atomic mass is 16.7. The summed E-state index contributed by atoms with van der Waals surface area (Å²) in [5.74, 6) is 0.290. The van der Waals surface area contributed by atoms with Gasteiger partial charge in [-0.15, -0.1) is 0 Å². The Bertz CT molecular complexity index is 434. The summed E-state index contributed by atoms with van der Waals surface area (Å²) in [4.78, 5) is 15.0. The van der Waals surface area contributed by atoms with Crippen molar-refractivity contribution in [2.45, 2.75) is 0 Å². The second kappa shape index (κ2) is 4.39. The monoisotopic (exact) mass is 215 g/mol. The van der Waals surface area contributed by atoms with Crippen LogP contribution in [0.5, 0.6) is 0 Å². The van der Waals surface area contributed by atoms with Gasteiger partial charge in [-0.1, -0.05) is 24.3 Å². The Hall–Kier alpha value is -2.43. The van der Waals surface area contributed by atoms with Gasteiger partial charge in [0.1, 0.15) is 5.69 Å². The Morgan fingerprint density at radius 1 is 1.06 bits per heavy atom. The van der Waals surface area contributed by atoms with Crippen LogP contribution in [0, 0.1) is 10.1 Å². The smallest absolute Gasteiger partial charge is 0.199 e. The van der Waals surface area contributed by atoms with E-state index in [9.17, 15) is 10.1 Å². The molecule has 0 N–H and O–H groups in total. The Kier molecular flexibility index (Phi) is 2.77. The lowest BCUT2D eigenvalue weighted by atomic mass is 10.3. The molecule has 5 heteroatoms. The normalized spacial score (nSPS) is 9.75. The van der Waals surface area contributed by atoms with Crippen LogP contribution in [0.1, 0.15) is 0 Å². The van der Waals surface area contributed by atoms with Crippen molar-refractivity contribution in [3.05, 3.63) is 64.8 Å². The van der Waals surface area contributed by atoms with Crippen molar-refractivity contribution in [3.63, 3.8) is 0 Å². The average molecular weight is 215 g/mol. The van der Waals surface area contributed by atoms with Crippen LogP contribution >= 0.6 is 0 Å². The fourth-order valence-electron chi connectivity index (χ4n) is 1.36. The maximum absolute atomic E-state index is 11.0. The largest absolute Gasteiger partial charge is 0.234 e. The molecule has 1 aromatic carbocycles. The highest BCUT2D eigenvalue weighted by molar-refractivity contribution is 5.55. The number of rotatable bonds is 3. The lowest BCUT2D eigenvalue weighted by molar-refractivity contribution is -0.483. The Morgan fingerprint density at radius 2 is 1.75 bits per heavy atom. The fraction of sp³-hybridized carbons (Fsp3) is 0. The number of hydrazine groups is 1. The van der Waals surface area contributed by atoms with Crippen molar-refractivity contribution >= 4 is 11.5 Å². The molecule has 0 aliphatic heterocycles. The first kappa shape index (κ1) is 10.1. The van der Waals surface area contributed by atoms with Crippen LogP contribution in [-0.2, 0) is 0 Å². The van der Waals surface area contributed by atoms with Gasteiger partial charge in [0, 0.05) is 6.20 Å². The molecule has 0 fully saturated rings. The van der Waals surface area contributed by atoms with Gasteiger partial charge in [0.05, 0.1) is 0 Å². The van der Waals surface area contributed by atoms with Crippen LogP contribution in [0.25, 0.3) is 0 Å². The molecule has 0 aliphatic carbocycles. The first-order valence-electron chi connectivity index (χ1n) is 4.69. The minimum Gasteiger partial charge on any atom is -0.234 e. The van der Waals surface area contributed by atoms with E-state index in [2.05, 4.69) is 4.98 Å². The van der Waals surface area contributed by atoms with Gasteiger partial charge < -0.3 is 0 Å². The number of nitrogens with zero attached hydrogens (tertiary/aromatic N) is 3. The van der Waals surface area contributed by atoms with Crippen LogP contribution in [0.3, 0.4) is 0 Å². The van der Waals surface area contributed by atoms with Crippen molar-refractivity contribution < 1.29 is 5.03 Å². The molecule has 0 atom stereocenters. The zero-order valence-electron chi connectivity index (χ0n) is 8.35. The summed E-state index contributed by atoms with van der Waals surface area (Å²) in [7, 11) is 0. The first-order valence-corrected chi connectivity index (χ1v) is 4.69. The van der Waals surface area contributed by atoms with Gasteiger partial charge in [0.25, 0.3) is 0 Å². The summed E-state index contributed by atoms with van der Waals surface area (Å²) < 4.78 is 0. The van der Waals surface area contributed by atoms with E-state index in [0.29, 0.717) is 11.5 Å². The topological polar surface area (TPSA) is 59.3 Å². The molecule has 5 nitrogen and oxygen atoms in total. The van der Waals surface area contributed by atoms with Crippen LogP contribution in [0.4, 0.5) is 11.5 Å². The quantitative estimate of drug-likeness (QED) is 0.582. The Labute approximate surface area is 92.1 Å². The summed E-state index contributed by atoms with van der Waals surface area (Å²) in [5.41, 5.74) is 0.478. The number of aromatic nitrogens is 1. The number of para-hydroxylation sites is 1. The maximum Gasteiger partial charge on any atom is 0.199 e. The second-order valence-corrected chi connectivity index (χ2v) is 3.07. The molecule has 2 aromatic rings. The third-order valence-electron chi connectivity index (χ3n) is 2.03. The zero-order chi connectivity index (χ0) is 11.4. The number of pyridine rings is 1. The van der Waals surface area contributed by atoms with Gasteiger partial charge in [-0.25, -0.2) is 15.1 Å². The summed E-state index contributed by atoms with van der Waals surface area (Å²) in [6, 6.07) is 13.6. The predicted octanol–water partition coefficient (Wildman–Crippen LogP) is 2.41. The third-order valence-corrected chi connectivity index (χ3v) is 2.03. The molecule has 16 heavy (non-hydrogen) atoms. The molecule has 1 heterocycles. The summed E-state index contributed by atoms with van der Waals surface area (Å²) in [6.07, 6.45) is 1.52. The average Bonchev–Trinajstić information content (AvgIpc) is 2.31. The summed E-state index contributed by atoms with van der Waals surface area (Å²) in [6.45, 7) is 0. The summed E-state index contributed by atoms with van der Waals surface area (Å²) >= 11 is 0. The molecule has 80 valence electrons. The van der Waals surface area contributed by atoms with E-state index < -0.39 is 5.03 Å². The summed E-state index contributed by atoms with van der Waals surface area (Å²) in [5, 5.41) is 11.4. The van der Waals surface area contributed by atoms with Crippen LogP contribution < -0.4 is 5.01 Å². The standard InChI is InChI=1S/C11H9N3O2/c15-14(16)13(10-6-2-1-3-7-10)11-8-4-5-9-12-11/h1-9H. The van der Waals surface area contributed by atoms with Crippen molar-refractivity contribution in [1.29, 1.82) is 0 Å². The molecule has 1 aromatic heterocycles. The molecule has 0 bridgehead atoms. The number of nitro groups is 1. The molecular weight excluding hydrogens is 206 g/mol. The van der Waals surface area contributed by atoms with E-state index >= 15 is 0 Å². The van der Waals surface area contributed by atoms with Crippen LogP contribution in [0.15, 0.2) is 54.7 Å². The van der Waals surface area contributed by atoms with E-state index in [1.807, 2.05) is 0 Å².